The van der Waals surface area contributed by atoms with Crippen molar-refractivity contribution in [2.24, 2.45) is 0 Å². The quantitative estimate of drug-likeness (QED) is 0.354. The Hall–Kier alpha value is -0.260. The van der Waals surface area contributed by atoms with Gasteiger partial charge in [0.1, 0.15) is 0 Å². The average Bonchev–Trinajstić information content (AvgIpc) is 2.32. The molecular weight excluding hydrogens is 192 g/mol. The second-order valence-corrected chi connectivity index (χ2v) is 3.02. The molecule has 0 heteroatoms. The third-order valence-electron chi connectivity index (χ3n) is 1.56. The standard InChI is InChI=1S/C6H14.C5H10.2C2H6.CH4/c1-3-5-6-4-2;1-4-5(2)3;2*1-2;/h3-6H2,1-2H3;2,4H2,1,3H3;2*1-2H3;1H4. The molecule has 0 nitrogen and oxygen atoms in total. The van der Waals surface area contributed by atoms with Crippen LogP contribution in [-0.2, 0) is 0 Å². The zero-order chi connectivity index (χ0) is 13.1. The van der Waals surface area contributed by atoms with Crippen molar-refractivity contribution in [1.29, 1.82) is 0 Å². The van der Waals surface area contributed by atoms with Crippen LogP contribution in [0.1, 0.15) is 94.9 Å². The molecule has 0 bridgehead atoms. The summed E-state index contributed by atoms with van der Waals surface area (Å²) in [4.78, 5) is 0. The summed E-state index contributed by atoms with van der Waals surface area (Å²) < 4.78 is 0. The molecule has 0 atom stereocenters. The fourth-order valence-corrected chi connectivity index (χ4v) is 0.500. The van der Waals surface area contributed by atoms with Gasteiger partial charge in [0, 0.05) is 0 Å². The van der Waals surface area contributed by atoms with Gasteiger partial charge in [-0.15, -0.1) is 6.58 Å². The van der Waals surface area contributed by atoms with Gasteiger partial charge in [-0.25, -0.2) is 0 Å². The van der Waals surface area contributed by atoms with Crippen LogP contribution >= 0.6 is 0 Å². The smallest absolute Gasteiger partial charge is 0.0354 e. The molecule has 0 heterocycles. The summed E-state index contributed by atoms with van der Waals surface area (Å²) in [5, 5.41) is 0. The maximum absolute atomic E-state index is 3.67. The minimum Gasteiger partial charge on any atom is -0.100 e. The van der Waals surface area contributed by atoms with Crippen LogP contribution in [0.5, 0.6) is 0 Å². The van der Waals surface area contributed by atoms with Crippen LogP contribution in [0.4, 0.5) is 0 Å². The van der Waals surface area contributed by atoms with Gasteiger partial charge in [-0.1, -0.05) is 87.1 Å². The predicted molar refractivity (Wildman–Crippen MR) is 84.3 cm³/mol. The van der Waals surface area contributed by atoms with E-state index in [1.165, 1.54) is 31.3 Å². The fourth-order valence-electron chi connectivity index (χ4n) is 0.500. The van der Waals surface area contributed by atoms with Gasteiger partial charge >= 0.3 is 0 Å². The molecule has 0 aromatic rings. The zero-order valence-corrected chi connectivity index (χ0v) is 12.7. The number of allylic oxidation sites excluding steroid dienone is 1. The van der Waals surface area contributed by atoms with Crippen molar-refractivity contribution in [3.8, 4) is 0 Å². The Morgan fingerprint density at radius 1 is 0.812 bits per heavy atom. The first kappa shape index (κ1) is 29.6. The third-order valence-corrected chi connectivity index (χ3v) is 1.56. The van der Waals surface area contributed by atoms with E-state index in [0.29, 0.717) is 0 Å². The summed E-state index contributed by atoms with van der Waals surface area (Å²) in [6, 6.07) is 0. The van der Waals surface area contributed by atoms with E-state index in [1.54, 1.807) is 0 Å². The fraction of sp³-hybridized carbons (Fsp3) is 0.875. The van der Waals surface area contributed by atoms with E-state index in [2.05, 4.69) is 27.4 Å². The highest BCUT2D eigenvalue weighted by Crippen LogP contribution is 1.95. The Labute approximate surface area is 108 Å². The van der Waals surface area contributed by atoms with Crippen molar-refractivity contribution >= 4 is 0 Å². The van der Waals surface area contributed by atoms with E-state index in [-0.39, 0.29) is 7.43 Å². The summed E-state index contributed by atoms with van der Waals surface area (Å²) in [6.45, 7) is 20.3. The molecule has 0 unspecified atom stereocenters. The Morgan fingerprint density at radius 2 is 1.00 bits per heavy atom. The number of rotatable bonds is 4. The molecule has 0 aromatic carbocycles. The molecule has 0 aliphatic rings. The number of hydrogen-bond acceptors (Lipinski definition) is 0. The van der Waals surface area contributed by atoms with Crippen LogP contribution in [0.15, 0.2) is 12.2 Å². The lowest BCUT2D eigenvalue weighted by atomic mass is 10.2. The van der Waals surface area contributed by atoms with Gasteiger partial charge in [0.25, 0.3) is 0 Å². The maximum Gasteiger partial charge on any atom is -0.0354 e. The van der Waals surface area contributed by atoms with Gasteiger partial charge < -0.3 is 0 Å². The second kappa shape index (κ2) is 46.5. The van der Waals surface area contributed by atoms with Crippen molar-refractivity contribution in [3.63, 3.8) is 0 Å². The number of hydrogen-bond donors (Lipinski definition) is 0. The first-order valence-electron chi connectivity index (χ1n) is 6.83. The monoisotopic (exact) mass is 232 g/mol. The number of unbranched alkanes of at least 4 members (excludes halogenated alkanes) is 3. The molecule has 0 rings (SSSR count). The first-order chi connectivity index (χ1) is 7.18. The van der Waals surface area contributed by atoms with Crippen LogP contribution in [0, 0.1) is 0 Å². The van der Waals surface area contributed by atoms with Crippen LogP contribution < -0.4 is 0 Å². The summed E-state index contributed by atoms with van der Waals surface area (Å²) in [7, 11) is 0. The van der Waals surface area contributed by atoms with Crippen LogP contribution in [0.25, 0.3) is 0 Å². The van der Waals surface area contributed by atoms with Gasteiger partial charge in [-0.3, -0.25) is 0 Å². The first-order valence-corrected chi connectivity index (χ1v) is 6.83. The molecule has 0 saturated carbocycles. The van der Waals surface area contributed by atoms with Gasteiger partial charge in [0.2, 0.25) is 0 Å². The van der Waals surface area contributed by atoms with Crippen molar-refractivity contribution in [2.75, 3.05) is 0 Å². The van der Waals surface area contributed by atoms with Crippen molar-refractivity contribution in [2.45, 2.75) is 94.9 Å². The summed E-state index contributed by atoms with van der Waals surface area (Å²) in [6.07, 6.45) is 6.65. The molecule has 0 aliphatic heterocycles. The van der Waals surface area contributed by atoms with Crippen molar-refractivity contribution in [1.82, 2.24) is 0 Å². The minimum atomic E-state index is 0. The average molecular weight is 232 g/mol. The van der Waals surface area contributed by atoms with Gasteiger partial charge in [-0.2, -0.15) is 0 Å². The van der Waals surface area contributed by atoms with E-state index in [1.807, 2.05) is 34.6 Å². The SMILES string of the molecule is C.C=C(C)CC.CC.CC.CCCCCC. The van der Waals surface area contributed by atoms with E-state index in [4.69, 9.17) is 0 Å². The van der Waals surface area contributed by atoms with Crippen LogP contribution in [0.2, 0.25) is 0 Å². The highest BCUT2D eigenvalue weighted by Gasteiger charge is 1.75. The Bertz CT molecular complexity index is 68.1. The Balaban J connectivity index is -0.0000000369. The van der Waals surface area contributed by atoms with Gasteiger partial charge in [0.15, 0.2) is 0 Å². The second-order valence-electron chi connectivity index (χ2n) is 3.02. The zero-order valence-electron chi connectivity index (χ0n) is 12.7. The minimum absolute atomic E-state index is 0. The van der Waals surface area contributed by atoms with Crippen molar-refractivity contribution in [3.05, 3.63) is 12.2 Å². The molecule has 0 amide bonds. The highest BCUT2D eigenvalue weighted by atomic mass is 13.8. The van der Waals surface area contributed by atoms with Gasteiger partial charge in [0.05, 0.1) is 0 Å². The topological polar surface area (TPSA) is 0 Å². The summed E-state index contributed by atoms with van der Waals surface area (Å²) in [5.74, 6) is 0. The lowest BCUT2D eigenvalue weighted by molar-refractivity contribution is 0.702. The molecule has 104 valence electrons. The van der Waals surface area contributed by atoms with E-state index >= 15 is 0 Å². The van der Waals surface area contributed by atoms with Crippen LogP contribution in [0.3, 0.4) is 0 Å². The molecule has 0 radical (unpaired) electrons. The molecule has 16 heavy (non-hydrogen) atoms. The molecule has 0 N–H and O–H groups in total. The largest absolute Gasteiger partial charge is 0.100 e. The lowest BCUT2D eigenvalue weighted by Gasteiger charge is -1.86. The van der Waals surface area contributed by atoms with Crippen molar-refractivity contribution < 1.29 is 0 Å². The summed E-state index contributed by atoms with van der Waals surface area (Å²) in [5.41, 5.74) is 1.25. The molecule has 0 fully saturated rings. The van der Waals surface area contributed by atoms with E-state index < -0.39 is 0 Å². The molecule has 0 spiro atoms. The van der Waals surface area contributed by atoms with E-state index in [0.717, 1.165) is 6.42 Å². The van der Waals surface area contributed by atoms with Gasteiger partial charge in [-0.05, 0) is 13.3 Å². The Kier molecular flexibility index (Phi) is 86.1. The molecule has 0 aliphatic carbocycles. The lowest BCUT2D eigenvalue weighted by Crippen LogP contribution is -1.66. The molecular formula is C16H40. The Morgan fingerprint density at radius 3 is 1.06 bits per heavy atom. The highest BCUT2D eigenvalue weighted by molar-refractivity contribution is 4.84. The predicted octanol–water partition coefficient (Wildman–Crippen LogP) is 7.25. The van der Waals surface area contributed by atoms with E-state index in [9.17, 15) is 0 Å². The third kappa shape index (κ3) is 99.3. The maximum atomic E-state index is 3.67. The normalized spacial score (nSPS) is 6.50. The molecule has 0 aromatic heterocycles. The summed E-state index contributed by atoms with van der Waals surface area (Å²) >= 11 is 0. The van der Waals surface area contributed by atoms with Crippen LogP contribution in [-0.4, -0.2) is 0 Å². The molecule has 0 saturated heterocycles.